The molecule has 2 aromatic heterocycles. The SMILES string of the molecule is [2H]c1c([2H])c([2H])c(-c2oc3c([2H])c4oc5c([2H])c([2H])c([2H])c(-c6c7c([2H])c([2H])c([2H])c([2H])c7c(-c7c([2H])c([2H])c([2H])c([2H])c7[2H])c7c([2H])c([2H])c([2H])c([2H])c67)c5c4c([2H])c3c2[2H])c([2H])c1[2H]. The standard InChI is InChI=1S/C40H24O2/c1-3-12-25(13-4-1)35-23-27-22-33-37(24-36(27)42-35)41-34-21-11-20-32(40(33)34)39-30-18-9-7-16-28(30)38(26-14-5-2-6-15-26)29-17-8-10-19-31(29)39/h1-24H/i1D,2D,3D,4D,5D,6D,7D,8D,9D,10D,11D,12D,13D,14D,15D,16D,17D,18D,19D,20D,21D,22D,23D,24D. The molecule has 0 bridgehead atoms. The van der Waals surface area contributed by atoms with E-state index < -0.39 is 233 Å². The highest BCUT2D eigenvalue weighted by Crippen LogP contribution is 2.47. The Hall–Kier alpha value is -5.60. The summed E-state index contributed by atoms with van der Waals surface area (Å²) in [5.41, 5.74) is -4.90. The molecule has 42 heavy (non-hydrogen) atoms. The lowest BCUT2D eigenvalue weighted by Gasteiger charge is -2.18. The maximum Gasteiger partial charge on any atom is 0.139 e. The van der Waals surface area contributed by atoms with Gasteiger partial charge in [0, 0.05) is 27.8 Å². The molecule has 0 aliphatic carbocycles. The lowest BCUT2D eigenvalue weighted by molar-refractivity contribution is 0.628. The summed E-state index contributed by atoms with van der Waals surface area (Å²) in [4.78, 5) is 0. The van der Waals surface area contributed by atoms with Crippen molar-refractivity contribution < 1.29 is 41.7 Å². The molecule has 0 aliphatic heterocycles. The Balaban J connectivity index is 1.60. The van der Waals surface area contributed by atoms with Crippen molar-refractivity contribution in [3.8, 4) is 33.6 Å². The maximum atomic E-state index is 9.55. The first kappa shape index (κ1) is 9.75. The number of benzene rings is 7. The van der Waals surface area contributed by atoms with Crippen molar-refractivity contribution in [2.75, 3.05) is 0 Å². The van der Waals surface area contributed by atoms with Crippen LogP contribution in [0.25, 0.3) is 88.0 Å². The molecule has 0 aliphatic rings. The predicted octanol–water partition coefficient (Wildman–Crippen LogP) is 11.6. The van der Waals surface area contributed by atoms with Gasteiger partial charge in [0.1, 0.15) is 22.5 Å². The van der Waals surface area contributed by atoms with Crippen molar-refractivity contribution in [2.45, 2.75) is 0 Å². The highest BCUT2D eigenvalue weighted by molar-refractivity contribution is 6.26. The van der Waals surface area contributed by atoms with E-state index in [1.165, 1.54) is 0 Å². The van der Waals surface area contributed by atoms with E-state index in [9.17, 15) is 9.60 Å². The molecule has 0 atom stereocenters. The first-order valence-electron chi connectivity index (χ1n) is 24.3. The van der Waals surface area contributed by atoms with E-state index in [1.807, 2.05) is 0 Å². The van der Waals surface area contributed by atoms with Gasteiger partial charge in [-0.05, 0) is 61.9 Å². The Morgan fingerprint density at radius 2 is 1.00 bits per heavy atom. The molecule has 0 spiro atoms. The van der Waals surface area contributed by atoms with Crippen molar-refractivity contribution in [2.24, 2.45) is 0 Å². The first-order valence-corrected chi connectivity index (χ1v) is 12.3. The van der Waals surface area contributed by atoms with Crippen LogP contribution in [-0.2, 0) is 0 Å². The molecule has 0 radical (unpaired) electrons. The summed E-state index contributed by atoms with van der Waals surface area (Å²) in [5, 5.41) is -4.03. The predicted molar refractivity (Wildman–Crippen MR) is 175 cm³/mol. The quantitative estimate of drug-likeness (QED) is 0.201. The molecule has 0 N–H and O–H groups in total. The Morgan fingerprint density at radius 1 is 0.405 bits per heavy atom. The Labute approximate surface area is 275 Å². The normalized spacial score (nSPS) is 19.8. The largest absolute Gasteiger partial charge is 0.456 e. The molecule has 9 aromatic rings. The Morgan fingerprint density at radius 3 is 1.67 bits per heavy atom. The highest BCUT2D eigenvalue weighted by atomic mass is 16.3. The Bertz CT molecular complexity index is 3670. The van der Waals surface area contributed by atoms with Crippen molar-refractivity contribution in [3.63, 3.8) is 0 Å². The third kappa shape index (κ3) is 3.39. The summed E-state index contributed by atoms with van der Waals surface area (Å²) in [5.74, 6) is -0.635. The van der Waals surface area contributed by atoms with Crippen molar-refractivity contribution in [3.05, 3.63) is 145 Å². The summed E-state index contributed by atoms with van der Waals surface area (Å²) >= 11 is 0. The zero-order valence-electron chi connectivity index (χ0n) is 44.8. The zero-order valence-corrected chi connectivity index (χ0v) is 20.8. The molecule has 9 rings (SSSR count). The third-order valence-corrected chi connectivity index (χ3v) is 6.77. The minimum atomic E-state index is -0.933. The van der Waals surface area contributed by atoms with Crippen LogP contribution in [0.4, 0.5) is 0 Å². The number of rotatable bonds is 3. The van der Waals surface area contributed by atoms with E-state index in [0.717, 1.165) is 0 Å². The average molecular weight is 561 g/mol. The van der Waals surface area contributed by atoms with Crippen molar-refractivity contribution >= 4 is 54.5 Å². The van der Waals surface area contributed by atoms with Gasteiger partial charge in [-0.15, -0.1) is 0 Å². The highest BCUT2D eigenvalue weighted by Gasteiger charge is 2.21. The topological polar surface area (TPSA) is 26.3 Å². The number of hydrogen-bond acceptors (Lipinski definition) is 2. The minimum absolute atomic E-state index is 0.473. The maximum absolute atomic E-state index is 9.55. The van der Waals surface area contributed by atoms with Crippen LogP contribution in [0.1, 0.15) is 32.9 Å². The second-order valence-electron chi connectivity index (χ2n) is 9.02. The van der Waals surface area contributed by atoms with Gasteiger partial charge in [-0.2, -0.15) is 0 Å². The number of furan rings is 2. The van der Waals surface area contributed by atoms with Crippen LogP contribution in [0, 0.1) is 0 Å². The summed E-state index contributed by atoms with van der Waals surface area (Å²) in [6.45, 7) is 0. The molecular formula is C40H24O2. The van der Waals surface area contributed by atoms with E-state index >= 15 is 0 Å². The summed E-state index contributed by atoms with van der Waals surface area (Å²) < 4.78 is 224. The van der Waals surface area contributed by atoms with Crippen LogP contribution in [0.2, 0.25) is 0 Å². The van der Waals surface area contributed by atoms with Gasteiger partial charge in [-0.3, -0.25) is 0 Å². The molecule has 196 valence electrons. The van der Waals surface area contributed by atoms with E-state index in [4.69, 9.17) is 32.1 Å². The second-order valence-corrected chi connectivity index (χ2v) is 9.02. The lowest BCUT2D eigenvalue weighted by atomic mass is 9.85. The fraction of sp³-hybridized carbons (Fsp3) is 0. The van der Waals surface area contributed by atoms with Crippen molar-refractivity contribution in [1.29, 1.82) is 0 Å². The fourth-order valence-corrected chi connectivity index (χ4v) is 5.10. The van der Waals surface area contributed by atoms with Crippen LogP contribution in [0.3, 0.4) is 0 Å². The smallest absolute Gasteiger partial charge is 0.139 e. The van der Waals surface area contributed by atoms with Crippen LogP contribution >= 0.6 is 0 Å². The van der Waals surface area contributed by atoms with Gasteiger partial charge < -0.3 is 8.83 Å². The third-order valence-electron chi connectivity index (χ3n) is 6.77. The van der Waals surface area contributed by atoms with E-state index in [1.54, 1.807) is 0 Å². The van der Waals surface area contributed by atoms with Gasteiger partial charge in [0.2, 0.25) is 0 Å². The molecule has 2 heteroatoms. The van der Waals surface area contributed by atoms with Gasteiger partial charge in [0.25, 0.3) is 0 Å². The van der Waals surface area contributed by atoms with Gasteiger partial charge >= 0.3 is 0 Å². The average Bonchev–Trinajstić information content (AvgIpc) is 3.86. The summed E-state index contributed by atoms with van der Waals surface area (Å²) in [6.07, 6.45) is 0. The number of fused-ring (bicyclic) bond motifs is 6. The van der Waals surface area contributed by atoms with Gasteiger partial charge in [0.05, 0.1) is 32.9 Å². The first-order chi connectivity index (χ1) is 30.8. The van der Waals surface area contributed by atoms with Crippen LogP contribution < -0.4 is 0 Å². The molecule has 2 nitrogen and oxygen atoms in total. The second kappa shape index (κ2) is 8.95. The molecule has 2 heterocycles. The van der Waals surface area contributed by atoms with Crippen LogP contribution in [0.5, 0.6) is 0 Å². The van der Waals surface area contributed by atoms with Crippen molar-refractivity contribution in [1.82, 2.24) is 0 Å². The van der Waals surface area contributed by atoms with E-state index in [2.05, 4.69) is 0 Å². The molecule has 0 amide bonds. The molecule has 0 saturated heterocycles. The summed E-state index contributed by atoms with van der Waals surface area (Å²) in [7, 11) is 0. The molecular weight excluding hydrogens is 512 g/mol. The lowest BCUT2D eigenvalue weighted by Crippen LogP contribution is -1.91. The van der Waals surface area contributed by atoms with Crippen LogP contribution in [-0.4, -0.2) is 0 Å². The fourth-order valence-electron chi connectivity index (χ4n) is 5.10. The molecule has 0 saturated carbocycles. The molecule has 0 unspecified atom stereocenters. The van der Waals surface area contributed by atoms with Crippen LogP contribution in [0.15, 0.2) is 154 Å². The monoisotopic (exact) mass is 560 g/mol. The summed E-state index contributed by atoms with van der Waals surface area (Å²) in [6, 6.07) is -20.5. The molecule has 0 fully saturated rings. The zero-order chi connectivity index (χ0) is 48.5. The minimum Gasteiger partial charge on any atom is -0.456 e. The van der Waals surface area contributed by atoms with Gasteiger partial charge in [0.15, 0.2) is 0 Å². The molecule has 7 aromatic carbocycles. The van der Waals surface area contributed by atoms with Gasteiger partial charge in [-0.1, -0.05) is 121 Å². The van der Waals surface area contributed by atoms with E-state index in [0.29, 0.717) is 0 Å². The number of hydrogen-bond donors (Lipinski definition) is 0. The van der Waals surface area contributed by atoms with E-state index in [-0.39, 0.29) is 0 Å². The van der Waals surface area contributed by atoms with Gasteiger partial charge in [-0.25, -0.2) is 0 Å². The Kier molecular flexibility index (Phi) is 2.08.